The van der Waals surface area contributed by atoms with E-state index in [0.717, 1.165) is 12.0 Å². The highest BCUT2D eigenvalue weighted by molar-refractivity contribution is 5.17. The molecule has 1 aromatic carbocycles. The van der Waals surface area contributed by atoms with Gasteiger partial charge in [0.2, 0.25) is 0 Å². The molecule has 0 amide bonds. The summed E-state index contributed by atoms with van der Waals surface area (Å²) in [6.07, 6.45) is 4.23. The third-order valence-electron chi connectivity index (χ3n) is 3.40. The van der Waals surface area contributed by atoms with E-state index in [0.29, 0.717) is 12.1 Å². The van der Waals surface area contributed by atoms with Crippen LogP contribution in [0.4, 0.5) is 0 Å². The number of hydrogen-bond donors (Lipinski definition) is 2. The zero-order valence-electron chi connectivity index (χ0n) is 9.89. The van der Waals surface area contributed by atoms with Crippen LogP contribution in [0, 0.1) is 0 Å². The molecule has 0 spiro atoms. The average Bonchev–Trinajstić information content (AvgIpc) is 2.30. The topological polar surface area (TPSA) is 32.3 Å². The maximum Gasteiger partial charge on any atom is 0.0804 e. The summed E-state index contributed by atoms with van der Waals surface area (Å²) in [4.78, 5) is 0. The minimum atomic E-state index is -0.330. The number of piperidine rings is 1. The van der Waals surface area contributed by atoms with Crippen LogP contribution in [0.5, 0.6) is 0 Å². The Labute approximate surface area is 97.7 Å². The van der Waals surface area contributed by atoms with Crippen molar-refractivity contribution in [1.29, 1.82) is 0 Å². The van der Waals surface area contributed by atoms with Gasteiger partial charge in [0.25, 0.3) is 0 Å². The Hall–Kier alpha value is -0.860. The summed E-state index contributed by atoms with van der Waals surface area (Å²) in [6, 6.07) is 11.0. The Balaban J connectivity index is 1.89. The highest BCUT2D eigenvalue weighted by Crippen LogP contribution is 2.23. The molecule has 0 saturated carbocycles. The first kappa shape index (κ1) is 11.6. The van der Waals surface area contributed by atoms with Gasteiger partial charge in [0.1, 0.15) is 0 Å². The lowest BCUT2D eigenvalue weighted by molar-refractivity contribution is 0.139. The molecule has 2 N–H and O–H groups in total. The quantitative estimate of drug-likeness (QED) is 0.819. The Bertz CT molecular complexity index is 312. The summed E-state index contributed by atoms with van der Waals surface area (Å²) in [5, 5.41) is 13.7. The fourth-order valence-corrected chi connectivity index (χ4v) is 2.51. The number of aliphatic hydroxyl groups is 1. The van der Waals surface area contributed by atoms with Crippen LogP contribution >= 0.6 is 0 Å². The van der Waals surface area contributed by atoms with Crippen molar-refractivity contribution >= 4 is 0 Å². The fourth-order valence-electron chi connectivity index (χ4n) is 2.51. The van der Waals surface area contributed by atoms with Crippen molar-refractivity contribution in [2.75, 3.05) is 0 Å². The lowest BCUT2D eigenvalue weighted by atomic mass is 9.93. The van der Waals surface area contributed by atoms with Crippen molar-refractivity contribution in [1.82, 2.24) is 5.32 Å². The molecule has 0 radical (unpaired) electrons. The molecule has 0 unspecified atom stereocenters. The van der Waals surface area contributed by atoms with Crippen molar-refractivity contribution < 1.29 is 5.11 Å². The molecule has 16 heavy (non-hydrogen) atoms. The second kappa shape index (κ2) is 5.46. The van der Waals surface area contributed by atoms with Crippen LogP contribution in [0.1, 0.15) is 44.3 Å². The molecule has 0 aliphatic carbocycles. The monoisotopic (exact) mass is 219 g/mol. The molecule has 2 rings (SSSR count). The molecule has 1 heterocycles. The van der Waals surface area contributed by atoms with Gasteiger partial charge in [-0.1, -0.05) is 36.8 Å². The molecular formula is C14H21NO. The Morgan fingerprint density at radius 3 is 2.75 bits per heavy atom. The molecular weight excluding hydrogens is 198 g/mol. The second-order valence-corrected chi connectivity index (χ2v) is 4.86. The Morgan fingerprint density at radius 1 is 1.31 bits per heavy atom. The molecule has 3 atom stereocenters. The van der Waals surface area contributed by atoms with Gasteiger partial charge >= 0.3 is 0 Å². The number of benzene rings is 1. The smallest absolute Gasteiger partial charge is 0.0804 e. The summed E-state index contributed by atoms with van der Waals surface area (Å²) in [6.45, 7) is 2.22. The van der Waals surface area contributed by atoms with Gasteiger partial charge in [-0.25, -0.2) is 0 Å². The fraction of sp³-hybridized carbons (Fsp3) is 0.571. The molecule has 1 aromatic rings. The van der Waals surface area contributed by atoms with Gasteiger partial charge in [-0.2, -0.15) is 0 Å². The van der Waals surface area contributed by atoms with Crippen molar-refractivity contribution in [2.45, 2.75) is 50.8 Å². The second-order valence-electron chi connectivity index (χ2n) is 4.86. The first-order valence-corrected chi connectivity index (χ1v) is 6.25. The summed E-state index contributed by atoms with van der Waals surface area (Å²) in [5.41, 5.74) is 1.03. The highest BCUT2D eigenvalue weighted by atomic mass is 16.3. The average molecular weight is 219 g/mol. The van der Waals surface area contributed by atoms with E-state index in [1.165, 1.54) is 19.3 Å². The van der Waals surface area contributed by atoms with Crippen molar-refractivity contribution in [3.63, 3.8) is 0 Å². The molecule has 0 bridgehead atoms. The van der Waals surface area contributed by atoms with Crippen LogP contribution in [-0.4, -0.2) is 17.2 Å². The zero-order valence-corrected chi connectivity index (χ0v) is 9.89. The van der Waals surface area contributed by atoms with Gasteiger partial charge in [0.05, 0.1) is 6.10 Å². The highest BCUT2D eigenvalue weighted by Gasteiger charge is 2.20. The molecule has 88 valence electrons. The molecule has 1 saturated heterocycles. The minimum absolute atomic E-state index is 0.330. The van der Waals surface area contributed by atoms with Gasteiger partial charge in [-0.3, -0.25) is 0 Å². The van der Waals surface area contributed by atoms with Crippen molar-refractivity contribution in [3.8, 4) is 0 Å². The number of aliphatic hydroxyl groups excluding tert-OH is 1. The predicted octanol–water partition coefficient (Wildman–Crippen LogP) is 2.64. The van der Waals surface area contributed by atoms with Crippen LogP contribution in [0.2, 0.25) is 0 Å². The van der Waals surface area contributed by atoms with Gasteiger partial charge in [0, 0.05) is 12.1 Å². The first-order valence-electron chi connectivity index (χ1n) is 6.25. The van der Waals surface area contributed by atoms with Gasteiger partial charge < -0.3 is 10.4 Å². The maximum atomic E-state index is 10.1. The SMILES string of the molecule is C[C@@H]1CCC[C@H](C[C@H](O)c2ccccc2)N1. The van der Waals surface area contributed by atoms with Crippen LogP contribution < -0.4 is 5.32 Å². The van der Waals surface area contributed by atoms with E-state index >= 15 is 0 Å². The van der Waals surface area contributed by atoms with Crippen molar-refractivity contribution in [3.05, 3.63) is 35.9 Å². The summed E-state index contributed by atoms with van der Waals surface area (Å²) < 4.78 is 0. The maximum absolute atomic E-state index is 10.1. The molecule has 1 aliphatic rings. The van der Waals surface area contributed by atoms with E-state index in [1.807, 2.05) is 30.3 Å². The van der Waals surface area contributed by atoms with E-state index < -0.39 is 0 Å². The van der Waals surface area contributed by atoms with Gasteiger partial charge in [-0.15, -0.1) is 0 Å². The van der Waals surface area contributed by atoms with E-state index in [4.69, 9.17) is 0 Å². The first-order chi connectivity index (χ1) is 7.75. The third-order valence-corrected chi connectivity index (χ3v) is 3.40. The standard InChI is InChI=1S/C14H21NO/c1-11-6-5-9-13(15-11)10-14(16)12-7-3-2-4-8-12/h2-4,7-8,11,13-16H,5-6,9-10H2,1H3/t11-,13-,14+/m1/s1. The lowest BCUT2D eigenvalue weighted by Gasteiger charge is -2.30. The van der Waals surface area contributed by atoms with E-state index in [9.17, 15) is 5.11 Å². The van der Waals surface area contributed by atoms with Crippen LogP contribution in [0.25, 0.3) is 0 Å². The summed E-state index contributed by atoms with van der Waals surface area (Å²) in [5.74, 6) is 0. The Kier molecular flexibility index (Phi) is 3.97. The third kappa shape index (κ3) is 3.06. The number of rotatable bonds is 3. The van der Waals surface area contributed by atoms with Gasteiger partial charge in [-0.05, 0) is 31.7 Å². The number of nitrogens with one attached hydrogen (secondary N) is 1. The van der Waals surface area contributed by atoms with Crippen molar-refractivity contribution in [2.24, 2.45) is 0 Å². The molecule has 2 heteroatoms. The van der Waals surface area contributed by atoms with Crippen LogP contribution in [0.15, 0.2) is 30.3 Å². The lowest BCUT2D eigenvalue weighted by Crippen LogP contribution is -2.41. The predicted molar refractivity (Wildman–Crippen MR) is 66.3 cm³/mol. The molecule has 0 aromatic heterocycles. The van der Waals surface area contributed by atoms with E-state index in [1.54, 1.807) is 0 Å². The van der Waals surface area contributed by atoms with Gasteiger partial charge in [0.15, 0.2) is 0 Å². The van der Waals surface area contributed by atoms with E-state index in [2.05, 4.69) is 12.2 Å². The van der Waals surface area contributed by atoms with Crippen LogP contribution in [-0.2, 0) is 0 Å². The normalized spacial score (nSPS) is 27.6. The largest absolute Gasteiger partial charge is 0.388 e. The Morgan fingerprint density at radius 2 is 2.06 bits per heavy atom. The minimum Gasteiger partial charge on any atom is -0.388 e. The molecule has 1 fully saturated rings. The molecule has 1 aliphatic heterocycles. The zero-order chi connectivity index (χ0) is 11.4. The van der Waals surface area contributed by atoms with Crippen LogP contribution in [0.3, 0.4) is 0 Å². The number of hydrogen-bond acceptors (Lipinski definition) is 2. The molecule has 2 nitrogen and oxygen atoms in total. The van der Waals surface area contributed by atoms with E-state index in [-0.39, 0.29) is 6.10 Å². The summed E-state index contributed by atoms with van der Waals surface area (Å²) >= 11 is 0. The summed E-state index contributed by atoms with van der Waals surface area (Å²) in [7, 11) is 0.